The molecule has 0 bridgehead atoms. The quantitative estimate of drug-likeness (QED) is 0.112. The number of nitrogens with zero attached hydrogens (tertiary/aromatic N) is 3. The van der Waals surface area contributed by atoms with Gasteiger partial charge in [0.05, 0.1) is 30.2 Å². The van der Waals surface area contributed by atoms with Gasteiger partial charge in [-0.25, -0.2) is 10.4 Å². The summed E-state index contributed by atoms with van der Waals surface area (Å²) in [6, 6.07) is 13.1. The second-order valence-corrected chi connectivity index (χ2v) is 12.2. The molecule has 11 heteroatoms. The van der Waals surface area contributed by atoms with Crippen molar-refractivity contribution in [1.29, 1.82) is 0 Å². The number of carbonyl (C=O) groups excluding carboxylic acids is 1. The molecule has 0 saturated heterocycles. The van der Waals surface area contributed by atoms with Gasteiger partial charge in [0.15, 0.2) is 5.16 Å². The molecule has 0 radical (unpaired) electrons. The van der Waals surface area contributed by atoms with Gasteiger partial charge in [0.25, 0.3) is 11.5 Å². The van der Waals surface area contributed by atoms with Gasteiger partial charge in [-0.05, 0) is 73.7 Å². The summed E-state index contributed by atoms with van der Waals surface area (Å²) in [5, 5.41) is 5.26. The van der Waals surface area contributed by atoms with E-state index >= 15 is 0 Å². The molecule has 0 saturated carbocycles. The van der Waals surface area contributed by atoms with Gasteiger partial charge >= 0.3 is 0 Å². The van der Waals surface area contributed by atoms with E-state index in [0.717, 1.165) is 50.6 Å². The summed E-state index contributed by atoms with van der Waals surface area (Å²) >= 11 is 9.70. The highest BCUT2D eigenvalue weighted by Crippen LogP contribution is 2.35. The Labute approximate surface area is 238 Å². The maximum absolute atomic E-state index is 13.8. The van der Waals surface area contributed by atoms with E-state index in [0.29, 0.717) is 22.0 Å². The predicted octanol–water partition coefficient (Wildman–Crippen LogP) is 6.10. The molecule has 0 aliphatic heterocycles. The van der Waals surface area contributed by atoms with Crippen LogP contribution in [0.5, 0.6) is 5.75 Å². The first-order valence-corrected chi connectivity index (χ1v) is 14.9. The number of hydrazone groups is 1. The number of fused-ring (bicyclic) bond motifs is 3. The second kappa shape index (κ2) is 11.5. The molecule has 37 heavy (non-hydrogen) atoms. The largest absolute Gasteiger partial charge is 0.496 e. The van der Waals surface area contributed by atoms with E-state index in [1.807, 2.05) is 42.5 Å². The minimum absolute atomic E-state index is 0.0481. The summed E-state index contributed by atoms with van der Waals surface area (Å²) in [4.78, 5) is 33.3. The standard InChI is InChI=1S/C26H22Br2N4O3S2/c1-35-20-11-8-17(28)12-15(20)13-29-31-22(33)14-36-26-30-24-23(19-4-2-3-5-21(19)37-24)25(34)32(26)18-9-6-16(27)7-10-18/h6-13H,2-5,14H2,1H3,(H,31,33). The fraction of sp³-hybridized carbons (Fsp3) is 0.231. The number of aryl methyl sites for hydroxylation is 2. The molecule has 190 valence electrons. The number of nitrogens with one attached hydrogen (secondary N) is 1. The first kappa shape index (κ1) is 26.1. The number of carbonyl (C=O) groups is 1. The molecule has 1 amide bonds. The Bertz CT molecular complexity index is 1570. The van der Waals surface area contributed by atoms with Crippen LogP contribution in [0.1, 0.15) is 28.8 Å². The van der Waals surface area contributed by atoms with Gasteiger partial charge in [-0.3, -0.25) is 14.2 Å². The summed E-state index contributed by atoms with van der Waals surface area (Å²) < 4.78 is 8.74. The lowest BCUT2D eigenvalue weighted by molar-refractivity contribution is -0.118. The number of rotatable bonds is 7. The van der Waals surface area contributed by atoms with Crippen molar-refractivity contribution in [1.82, 2.24) is 15.0 Å². The Hall–Kier alpha value is -2.47. The Balaban J connectivity index is 1.41. The average molecular weight is 662 g/mol. The fourth-order valence-corrected chi connectivity index (χ4v) is 6.99. The minimum Gasteiger partial charge on any atom is -0.496 e. The molecule has 1 aliphatic carbocycles. The zero-order chi connectivity index (χ0) is 25.9. The van der Waals surface area contributed by atoms with Crippen molar-refractivity contribution in [3.8, 4) is 11.4 Å². The van der Waals surface area contributed by atoms with E-state index in [9.17, 15) is 9.59 Å². The van der Waals surface area contributed by atoms with E-state index in [1.165, 1.54) is 22.9 Å². The van der Waals surface area contributed by atoms with Crippen molar-refractivity contribution < 1.29 is 9.53 Å². The molecule has 0 spiro atoms. The summed E-state index contributed by atoms with van der Waals surface area (Å²) in [6.45, 7) is 0. The van der Waals surface area contributed by atoms with Gasteiger partial charge in [0, 0.05) is 19.4 Å². The third-order valence-corrected chi connectivity index (χ3v) is 9.11. The second-order valence-electron chi connectivity index (χ2n) is 8.37. The zero-order valence-electron chi connectivity index (χ0n) is 19.8. The Morgan fingerprint density at radius 3 is 2.73 bits per heavy atom. The number of thioether (sulfide) groups is 1. The topological polar surface area (TPSA) is 85.6 Å². The maximum Gasteiger partial charge on any atom is 0.267 e. The summed E-state index contributed by atoms with van der Waals surface area (Å²) in [7, 11) is 1.58. The molecule has 0 unspecified atom stereocenters. The third-order valence-electron chi connectivity index (χ3n) is 5.96. The molecular formula is C26H22Br2N4O3S2. The molecule has 2 aromatic carbocycles. The monoisotopic (exact) mass is 660 g/mol. The van der Waals surface area contributed by atoms with E-state index < -0.39 is 0 Å². The molecule has 0 atom stereocenters. The molecule has 1 N–H and O–H groups in total. The van der Waals surface area contributed by atoms with Gasteiger partial charge in [0.2, 0.25) is 0 Å². The average Bonchev–Trinajstić information content (AvgIpc) is 3.27. The number of halogens is 2. The van der Waals surface area contributed by atoms with E-state index in [4.69, 9.17) is 9.72 Å². The number of hydrogen-bond acceptors (Lipinski definition) is 7. The van der Waals surface area contributed by atoms with Crippen LogP contribution < -0.4 is 15.7 Å². The first-order valence-electron chi connectivity index (χ1n) is 11.6. The lowest BCUT2D eigenvalue weighted by Crippen LogP contribution is -2.24. The van der Waals surface area contributed by atoms with Crippen molar-refractivity contribution >= 4 is 77.3 Å². The molecule has 1 aliphatic rings. The first-order chi connectivity index (χ1) is 17.9. The lowest BCUT2D eigenvalue weighted by Gasteiger charge is -2.13. The smallest absolute Gasteiger partial charge is 0.267 e. The summed E-state index contributed by atoms with van der Waals surface area (Å²) in [6.07, 6.45) is 5.64. The number of benzene rings is 2. The van der Waals surface area contributed by atoms with Crippen molar-refractivity contribution in [2.45, 2.75) is 30.8 Å². The predicted molar refractivity (Wildman–Crippen MR) is 157 cm³/mol. The molecule has 2 heterocycles. The van der Waals surface area contributed by atoms with Gasteiger partial charge in [-0.15, -0.1) is 11.3 Å². The number of amides is 1. The molecule has 2 aromatic heterocycles. The number of methoxy groups -OCH3 is 1. The van der Waals surface area contributed by atoms with Gasteiger partial charge in [-0.2, -0.15) is 5.10 Å². The van der Waals surface area contributed by atoms with Crippen LogP contribution in [-0.2, 0) is 17.6 Å². The lowest BCUT2D eigenvalue weighted by atomic mass is 9.97. The Morgan fingerprint density at radius 2 is 1.95 bits per heavy atom. The van der Waals surface area contributed by atoms with Crippen molar-refractivity contribution in [2.75, 3.05) is 12.9 Å². The van der Waals surface area contributed by atoms with E-state index in [-0.39, 0.29) is 17.2 Å². The van der Waals surface area contributed by atoms with Crippen LogP contribution in [0, 0.1) is 0 Å². The van der Waals surface area contributed by atoms with E-state index in [2.05, 4.69) is 42.4 Å². The van der Waals surface area contributed by atoms with Crippen LogP contribution >= 0.6 is 55.0 Å². The molecular weight excluding hydrogens is 640 g/mol. The number of hydrogen-bond donors (Lipinski definition) is 1. The van der Waals surface area contributed by atoms with Crippen LogP contribution in [0.25, 0.3) is 15.9 Å². The van der Waals surface area contributed by atoms with Crippen LogP contribution in [0.4, 0.5) is 0 Å². The van der Waals surface area contributed by atoms with Crippen molar-refractivity contribution in [3.63, 3.8) is 0 Å². The molecule has 0 fully saturated rings. The highest BCUT2D eigenvalue weighted by Gasteiger charge is 2.23. The SMILES string of the molecule is COc1ccc(Br)cc1C=NNC(=O)CSc1nc2sc3c(c2c(=O)n1-c1ccc(Br)cc1)CCCC3. The molecule has 7 nitrogen and oxygen atoms in total. The number of aromatic nitrogens is 2. The van der Waals surface area contributed by atoms with Crippen molar-refractivity contribution in [2.24, 2.45) is 5.10 Å². The van der Waals surface area contributed by atoms with Crippen LogP contribution in [0.2, 0.25) is 0 Å². The van der Waals surface area contributed by atoms with Crippen LogP contribution in [-0.4, -0.2) is 34.5 Å². The highest BCUT2D eigenvalue weighted by atomic mass is 79.9. The Morgan fingerprint density at radius 1 is 1.19 bits per heavy atom. The molecule has 4 aromatic rings. The minimum atomic E-state index is -0.308. The number of ether oxygens (including phenoxy) is 1. The van der Waals surface area contributed by atoms with Gasteiger partial charge < -0.3 is 4.74 Å². The highest BCUT2D eigenvalue weighted by molar-refractivity contribution is 9.10. The van der Waals surface area contributed by atoms with E-state index in [1.54, 1.807) is 23.0 Å². The molecule has 5 rings (SSSR count). The van der Waals surface area contributed by atoms with Crippen LogP contribution in [0.3, 0.4) is 0 Å². The van der Waals surface area contributed by atoms with Crippen LogP contribution in [0.15, 0.2) is 66.5 Å². The fourth-order valence-electron chi connectivity index (χ4n) is 4.24. The maximum atomic E-state index is 13.8. The van der Waals surface area contributed by atoms with Gasteiger partial charge in [0.1, 0.15) is 10.6 Å². The normalized spacial score (nSPS) is 13.2. The number of thiophene rings is 1. The summed E-state index contributed by atoms with van der Waals surface area (Å²) in [5.41, 5.74) is 5.04. The van der Waals surface area contributed by atoms with Crippen molar-refractivity contribution in [3.05, 3.63) is 77.8 Å². The van der Waals surface area contributed by atoms with Gasteiger partial charge in [-0.1, -0.05) is 43.6 Å². The zero-order valence-corrected chi connectivity index (χ0v) is 24.6. The summed E-state index contributed by atoms with van der Waals surface area (Å²) in [5.74, 6) is 0.384. The third kappa shape index (κ3) is 5.69. The Kier molecular flexibility index (Phi) is 8.13.